The molecule has 0 radical (unpaired) electrons. The second kappa shape index (κ2) is 9.73. The van der Waals surface area contributed by atoms with Crippen LogP contribution in [0.2, 0.25) is 0 Å². The van der Waals surface area contributed by atoms with Crippen LogP contribution in [0, 0.1) is 0 Å². The first-order chi connectivity index (χ1) is 15.6. The van der Waals surface area contributed by atoms with Crippen molar-refractivity contribution in [3.63, 3.8) is 0 Å². The number of phenols is 1. The molecule has 3 rings (SSSR count). The third-order valence-corrected chi connectivity index (χ3v) is 4.51. The Labute approximate surface area is 189 Å². The first kappa shape index (κ1) is 23.1. The summed E-state index contributed by atoms with van der Waals surface area (Å²) in [5, 5.41) is 24.8. The molecule has 0 aromatic heterocycles. The van der Waals surface area contributed by atoms with Crippen molar-refractivity contribution >= 4 is 34.8 Å². The van der Waals surface area contributed by atoms with Crippen molar-refractivity contribution in [1.29, 1.82) is 0 Å². The minimum Gasteiger partial charge on any atom is -0.507 e. The molecule has 0 fully saturated rings. The SMILES string of the molecule is CC(C)Oc1cc(C(=O)O)ccc1NC(=O)c1ccc(NC(=O)c2ccc(N)cc2)cc1O. The highest BCUT2D eigenvalue weighted by molar-refractivity contribution is 6.08. The van der Waals surface area contributed by atoms with Crippen LogP contribution in [-0.2, 0) is 0 Å². The van der Waals surface area contributed by atoms with Crippen LogP contribution in [0.4, 0.5) is 17.1 Å². The third-order valence-electron chi connectivity index (χ3n) is 4.51. The Kier molecular flexibility index (Phi) is 6.82. The van der Waals surface area contributed by atoms with Gasteiger partial charge in [-0.2, -0.15) is 0 Å². The summed E-state index contributed by atoms with van der Waals surface area (Å²) < 4.78 is 5.62. The van der Waals surface area contributed by atoms with Gasteiger partial charge in [-0.15, -0.1) is 0 Å². The number of nitrogens with two attached hydrogens (primary N) is 1. The molecule has 170 valence electrons. The normalized spacial score (nSPS) is 10.5. The summed E-state index contributed by atoms with van der Waals surface area (Å²) in [5.41, 5.74) is 7.03. The smallest absolute Gasteiger partial charge is 0.335 e. The summed E-state index contributed by atoms with van der Waals surface area (Å²) in [5.74, 6) is -2.34. The molecule has 2 amide bonds. The van der Waals surface area contributed by atoms with E-state index in [0.717, 1.165) is 0 Å². The third kappa shape index (κ3) is 5.79. The number of ether oxygens (including phenoxy) is 1. The number of aromatic carboxylic acids is 1. The van der Waals surface area contributed by atoms with Gasteiger partial charge in [-0.3, -0.25) is 9.59 Å². The van der Waals surface area contributed by atoms with Crippen LogP contribution in [0.25, 0.3) is 0 Å². The maximum Gasteiger partial charge on any atom is 0.335 e. The zero-order valence-corrected chi connectivity index (χ0v) is 18.0. The number of hydrogen-bond donors (Lipinski definition) is 5. The molecular formula is C24H23N3O6. The zero-order chi connectivity index (χ0) is 24.1. The van der Waals surface area contributed by atoms with E-state index in [1.165, 1.54) is 36.4 Å². The van der Waals surface area contributed by atoms with E-state index in [0.29, 0.717) is 16.9 Å². The Morgan fingerprint density at radius 2 is 1.55 bits per heavy atom. The standard InChI is InChI=1S/C24H23N3O6/c1-13(2)33-21-11-15(24(31)32)5-10-19(21)27-23(30)18-9-8-17(12-20(18)28)26-22(29)14-3-6-16(25)7-4-14/h3-13,28H,25H2,1-2H3,(H,26,29)(H,27,30)(H,31,32). The molecular weight excluding hydrogens is 426 g/mol. The molecule has 0 atom stereocenters. The number of carbonyl (C=O) groups is 3. The van der Waals surface area contributed by atoms with Gasteiger partial charge in [0.1, 0.15) is 11.5 Å². The number of phenolic OH excluding ortho intramolecular Hbond substituents is 1. The maximum absolute atomic E-state index is 12.7. The van der Waals surface area contributed by atoms with E-state index in [-0.39, 0.29) is 34.4 Å². The van der Waals surface area contributed by atoms with Crippen molar-refractivity contribution in [2.75, 3.05) is 16.4 Å². The molecule has 0 heterocycles. The van der Waals surface area contributed by atoms with Gasteiger partial charge < -0.3 is 31.3 Å². The Morgan fingerprint density at radius 3 is 2.15 bits per heavy atom. The summed E-state index contributed by atoms with van der Waals surface area (Å²) in [4.78, 5) is 36.3. The van der Waals surface area contributed by atoms with Gasteiger partial charge >= 0.3 is 5.97 Å². The second-order valence-corrected chi connectivity index (χ2v) is 7.44. The molecule has 0 saturated heterocycles. The number of carboxylic acids is 1. The molecule has 3 aromatic rings. The highest BCUT2D eigenvalue weighted by Gasteiger charge is 2.17. The van der Waals surface area contributed by atoms with Crippen LogP contribution in [0.5, 0.6) is 11.5 Å². The van der Waals surface area contributed by atoms with E-state index in [4.69, 9.17) is 10.5 Å². The number of anilines is 3. The average molecular weight is 449 g/mol. The fourth-order valence-electron chi connectivity index (χ4n) is 2.94. The lowest BCUT2D eigenvalue weighted by atomic mass is 10.1. The lowest BCUT2D eigenvalue weighted by Gasteiger charge is -2.16. The van der Waals surface area contributed by atoms with Gasteiger partial charge in [0, 0.05) is 23.0 Å². The van der Waals surface area contributed by atoms with Crippen molar-refractivity contribution in [1.82, 2.24) is 0 Å². The van der Waals surface area contributed by atoms with Crippen LogP contribution >= 0.6 is 0 Å². The van der Waals surface area contributed by atoms with Crippen LogP contribution in [0.15, 0.2) is 60.7 Å². The topological polar surface area (TPSA) is 151 Å². The van der Waals surface area contributed by atoms with Gasteiger partial charge in [0.25, 0.3) is 11.8 Å². The van der Waals surface area contributed by atoms with Gasteiger partial charge in [0.05, 0.1) is 22.9 Å². The van der Waals surface area contributed by atoms with E-state index in [1.807, 2.05) is 0 Å². The molecule has 0 aliphatic rings. The second-order valence-electron chi connectivity index (χ2n) is 7.44. The van der Waals surface area contributed by atoms with Crippen molar-refractivity contribution in [2.45, 2.75) is 20.0 Å². The Hall–Kier alpha value is -4.53. The predicted molar refractivity (Wildman–Crippen MR) is 124 cm³/mol. The zero-order valence-electron chi connectivity index (χ0n) is 18.0. The minimum absolute atomic E-state index is 0.00712. The minimum atomic E-state index is -1.13. The number of nitrogen functional groups attached to an aromatic ring is 1. The number of rotatable bonds is 7. The van der Waals surface area contributed by atoms with Gasteiger partial charge in [-0.05, 0) is 68.4 Å². The van der Waals surface area contributed by atoms with Gasteiger partial charge in [0.15, 0.2) is 0 Å². The molecule has 9 nitrogen and oxygen atoms in total. The Balaban J connectivity index is 1.77. The summed E-state index contributed by atoms with van der Waals surface area (Å²) in [7, 11) is 0. The Bertz CT molecular complexity index is 1210. The fraction of sp³-hybridized carbons (Fsp3) is 0.125. The summed E-state index contributed by atoms with van der Waals surface area (Å²) in [6.45, 7) is 3.53. The Morgan fingerprint density at radius 1 is 0.879 bits per heavy atom. The van der Waals surface area contributed by atoms with Crippen molar-refractivity contribution in [3.05, 3.63) is 77.4 Å². The van der Waals surface area contributed by atoms with Gasteiger partial charge in [-0.1, -0.05) is 0 Å². The monoisotopic (exact) mass is 449 g/mol. The molecule has 0 saturated carbocycles. The van der Waals surface area contributed by atoms with E-state index >= 15 is 0 Å². The number of carbonyl (C=O) groups excluding carboxylic acids is 2. The maximum atomic E-state index is 12.7. The molecule has 33 heavy (non-hydrogen) atoms. The molecule has 3 aromatic carbocycles. The van der Waals surface area contributed by atoms with Gasteiger partial charge in [-0.25, -0.2) is 4.79 Å². The van der Waals surface area contributed by atoms with E-state index in [9.17, 15) is 24.6 Å². The van der Waals surface area contributed by atoms with E-state index < -0.39 is 17.8 Å². The highest BCUT2D eigenvalue weighted by atomic mass is 16.5. The molecule has 9 heteroatoms. The number of amides is 2. The molecule has 6 N–H and O–H groups in total. The molecule has 0 aliphatic carbocycles. The highest BCUT2D eigenvalue weighted by Crippen LogP contribution is 2.29. The first-order valence-electron chi connectivity index (χ1n) is 9.99. The number of hydrogen-bond acceptors (Lipinski definition) is 6. The number of benzene rings is 3. The van der Waals surface area contributed by atoms with Crippen LogP contribution in [0.1, 0.15) is 44.9 Å². The molecule has 0 unspecified atom stereocenters. The molecule has 0 spiro atoms. The van der Waals surface area contributed by atoms with Crippen molar-refractivity contribution in [3.8, 4) is 11.5 Å². The predicted octanol–water partition coefficient (Wildman–Crippen LogP) is 3.96. The lowest BCUT2D eigenvalue weighted by Crippen LogP contribution is -2.16. The van der Waals surface area contributed by atoms with Crippen LogP contribution < -0.4 is 21.1 Å². The number of aromatic hydroxyl groups is 1. The van der Waals surface area contributed by atoms with Crippen LogP contribution in [0.3, 0.4) is 0 Å². The van der Waals surface area contributed by atoms with E-state index in [1.54, 1.807) is 38.1 Å². The largest absolute Gasteiger partial charge is 0.507 e. The molecule has 0 aliphatic heterocycles. The number of nitrogens with one attached hydrogen (secondary N) is 2. The average Bonchev–Trinajstić information content (AvgIpc) is 2.74. The van der Waals surface area contributed by atoms with Gasteiger partial charge in [0.2, 0.25) is 0 Å². The lowest BCUT2D eigenvalue weighted by molar-refractivity contribution is 0.0695. The summed E-state index contributed by atoms with van der Waals surface area (Å²) >= 11 is 0. The van der Waals surface area contributed by atoms with Crippen molar-refractivity contribution in [2.24, 2.45) is 0 Å². The number of carboxylic acid groups (broad SMARTS) is 1. The first-order valence-corrected chi connectivity index (χ1v) is 9.99. The van der Waals surface area contributed by atoms with Crippen LogP contribution in [-0.4, -0.2) is 34.1 Å². The summed E-state index contributed by atoms with van der Waals surface area (Å²) in [6.07, 6.45) is -0.262. The van der Waals surface area contributed by atoms with Crippen molar-refractivity contribution < 1.29 is 29.3 Å². The molecule has 0 bridgehead atoms. The fourth-order valence-corrected chi connectivity index (χ4v) is 2.94. The van der Waals surface area contributed by atoms with E-state index in [2.05, 4.69) is 10.6 Å². The quantitative estimate of drug-likeness (QED) is 0.342. The summed E-state index contributed by atoms with van der Waals surface area (Å²) in [6, 6.07) is 14.5.